The van der Waals surface area contributed by atoms with Crippen molar-refractivity contribution in [2.24, 2.45) is 0 Å². The van der Waals surface area contributed by atoms with E-state index >= 15 is 0 Å². The van der Waals surface area contributed by atoms with Crippen molar-refractivity contribution in [2.75, 3.05) is 6.61 Å². The van der Waals surface area contributed by atoms with Gasteiger partial charge >= 0.3 is 5.97 Å². The molecule has 0 heterocycles. The van der Waals surface area contributed by atoms with Gasteiger partial charge in [0.05, 0.1) is 13.0 Å². The number of carbonyl (C=O) groups excluding carboxylic acids is 1. The molecule has 0 fully saturated rings. The van der Waals surface area contributed by atoms with Crippen LogP contribution in [0.4, 0.5) is 0 Å². The molecule has 0 aliphatic carbocycles. The van der Waals surface area contributed by atoms with Gasteiger partial charge in [0, 0.05) is 0 Å². The maximum atomic E-state index is 11.0. The Labute approximate surface area is 87.3 Å². The lowest BCUT2D eigenvalue weighted by atomic mass is 10.1. The number of hydrogen-bond donors (Lipinski definition) is 0. The van der Waals surface area contributed by atoms with E-state index in [4.69, 9.17) is 4.74 Å². The summed E-state index contributed by atoms with van der Waals surface area (Å²) >= 11 is 0. The van der Waals surface area contributed by atoms with Crippen LogP contribution in [0, 0.1) is 0 Å². The number of hydrogen-bond acceptors (Lipinski definition) is 2. The van der Waals surface area contributed by atoms with Crippen LogP contribution in [0.3, 0.4) is 0 Å². The third-order valence-electron chi connectivity index (χ3n) is 2.10. The standard InChI is InChI=1S/C12H22O2/c1-4-6-7-8-11(3)9-10-12(13)14-5-2/h9H,4-8,10H2,1-3H3/b11-9-. The highest BCUT2D eigenvalue weighted by Gasteiger charge is 1.98. The predicted molar refractivity (Wildman–Crippen MR) is 59.1 cm³/mol. The largest absolute Gasteiger partial charge is 0.466 e. The van der Waals surface area contributed by atoms with Crippen molar-refractivity contribution >= 4 is 5.97 Å². The van der Waals surface area contributed by atoms with Gasteiger partial charge in [-0.2, -0.15) is 0 Å². The van der Waals surface area contributed by atoms with Crippen molar-refractivity contribution in [1.29, 1.82) is 0 Å². The van der Waals surface area contributed by atoms with Crippen LogP contribution < -0.4 is 0 Å². The maximum Gasteiger partial charge on any atom is 0.309 e. The highest BCUT2D eigenvalue weighted by atomic mass is 16.5. The van der Waals surface area contributed by atoms with Crippen LogP contribution in [-0.2, 0) is 9.53 Å². The van der Waals surface area contributed by atoms with Crippen molar-refractivity contribution in [3.63, 3.8) is 0 Å². The summed E-state index contributed by atoms with van der Waals surface area (Å²) in [6, 6.07) is 0. The summed E-state index contributed by atoms with van der Waals surface area (Å²) < 4.78 is 4.83. The molecule has 2 heteroatoms. The average molecular weight is 198 g/mol. The number of allylic oxidation sites excluding steroid dienone is 1. The first-order chi connectivity index (χ1) is 6.70. The Balaban J connectivity index is 3.59. The van der Waals surface area contributed by atoms with Crippen LogP contribution >= 0.6 is 0 Å². The number of unbranched alkanes of at least 4 members (excludes halogenated alkanes) is 2. The van der Waals surface area contributed by atoms with Crippen molar-refractivity contribution < 1.29 is 9.53 Å². The highest BCUT2D eigenvalue weighted by molar-refractivity contribution is 5.71. The summed E-state index contributed by atoms with van der Waals surface area (Å²) in [7, 11) is 0. The molecule has 0 aromatic heterocycles. The third kappa shape index (κ3) is 7.84. The van der Waals surface area contributed by atoms with E-state index in [1.54, 1.807) is 0 Å². The minimum Gasteiger partial charge on any atom is -0.466 e. The van der Waals surface area contributed by atoms with Gasteiger partial charge in [-0.15, -0.1) is 0 Å². The number of carbonyl (C=O) groups is 1. The average Bonchev–Trinajstić information content (AvgIpc) is 2.16. The molecule has 0 aliphatic heterocycles. The molecule has 0 aliphatic rings. The SMILES string of the molecule is CCCCC/C(C)=C\CC(=O)OCC. The van der Waals surface area contributed by atoms with Gasteiger partial charge in [0.25, 0.3) is 0 Å². The van der Waals surface area contributed by atoms with Gasteiger partial charge in [-0.1, -0.05) is 31.4 Å². The van der Waals surface area contributed by atoms with Crippen molar-refractivity contribution in [3.05, 3.63) is 11.6 Å². The van der Waals surface area contributed by atoms with Crippen LogP contribution in [0.2, 0.25) is 0 Å². The Morgan fingerprint density at radius 2 is 2.00 bits per heavy atom. The smallest absolute Gasteiger partial charge is 0.309 e. The van der Waals surface area contributed by atoms with Gasteiger partial charge in [0.2, 0.25) is 0 Å². The molecule has 14 heavy (non-hydrogen) atoms. The fraction of sp³-hybridized carbons (Fsp3) is 0.750. The molecule has 82 valence electrons. The van der Waals surface area contributed by atoms with Crippen molar-refractivity contribution in [1.82, 2.24) is 0 Å². The van der Waals surface area contributed by atoms with Gasteiger partial charge in [-0.25, -0.2) is 0 Å². The number of esters is 1. The Morgan fingerprint density at radius 3 is 2.57 bits per heavy atom. The molecular weight excluding hydrogens is 176 g/mol. The fourth-order valence-electron chi connectivity index (χ4n) is 1.23. The Morgan fingerprint density at radius 1 is 1.29 bits per heavy atom. The highest BCUT2D eigenvalue weighted by Crippen LogP contribution is 2.08. The third-order valence-corrected chi connectivity index (χ3v) is 2.10. The van der Waals surface area contributed by atoms with Gasteiger partial charge in [0.15, 0.2) is 0 Å². The summed E-state index contributed by atoms with van der Waals surface area (Å²) in [6.45, 7) is 6.57. The molecule has 0 aromatic rings. The monoisotopic (exact) mass is 198 g/mol. The van der Waals surface area contributed by atoms with E-state index in [0.29, 0.717) is 13.0 Å². The molecule has 0 atom stereocenters. The lowest BCUT2D eigenvalue weighted by Crippen LogP contribution is -2.01. The normalized spacial score (nSPS) is 11.5. The van der Waals surface area contributed by atoms with Crippen LogP contribution in [0.15, 0.2) is 11.6 Å². The molecule has 0 N–H and O–H groups in total. The van der Waals surface area contributed by atoms with Gasteiger partial charge in [-0.05, 0) is 26.7 Å². The minimum atomic E-state index is -0.123. The Hall–Kier alpha value is -0.790. The quantitative estimate of drug-likeness (QED) is 0.356. The maximum absolute atomic E-state index is 11.0. The van der Waals surface area contributed by atoms with Crippen LogP contribution in [0.25, 0.3) is 0 Å². The molecule has 0 radical (unpaired) electrons. The predicted octanol–water partition coefficient (Wildman–Crippen LogP) is 3.47. The number of rotatable bonds is 7. The molecule has 2 nitrogen and oxygen atoms in total. The second-order valence-electron chi connectivity index (χ2n) is 3.52. The van der Waals surface area contributed by atoms with Gasteiger partial charge in [-0.3, -0.25) is 4.79 Å². The van der Waals surface area contributed by atoms with Crippen LogP contribution in [-0.4, -0.2) is 12.6 Å². The first-order valence-corrected chi connectivity index (χ1v) is 5.52. The molecule has 0 saturated heterocycles. The van der Waals surface area contributed by atoms with E-state index in [0.717, 1.165) is 6.42 Å². The summed E-state index contributed by atoms with van der Waals surface area (Å²) in [6.07, 6.45) is 7.24. The van der Waals surface area contributed by atoms with E-state index < -0.39 is 0 Å². The topological polar surface area (TPSA) is 26.3 Å². The van der Waals surface area contributed by atoms with Crippen molar-refractivity contribution in [3.8, 4) is 0 Å². The van der Waals surface area contributed by atoms with Gasteiger partial charge < -0.3 is 4.74 Å². The second-order valence-corrected chi connectivity index (χ2v) is 3.52. The van der Waals surface area contributed by atoms with Crippen LogP contribution in [0.1, 0.15) is 52.9 Å². The first-order valence-electron chi connectivity index (χ1n) is 5.52. The Kier molecular flexibility index (Phi) is 8.30. The molecule has 0 spiro atoms. The molecule has 0 unspecified atom stereocenters. The summed E-state index contributed by atoms with van der Waals surface area (Å²) in [5, 5.41) is 0. The molecule has 0 amide bonds. The van der Waals surface area contributed by atoms with E-state index in [-0.39, 0.29) is 5.97 Å². The molecule has 0 rings (SSSR count). The van der Waals surface area contributed by atoms with E-state index in [2.05, 4.69) is 13.8 Å². The molecular formula is C12H22O2. The molecule has 0 saturated carbocycles. The van der Waals surface area contributed by atoms with E-state index in [1.165, 1.54) is 24.8 Å². The summed E-state index contributed by atoms with van der Waals surface area (Å²) in [5.74, 6) is -0.123. The van der Waals surface area contributed by atoms with E-state index in [9.17, 15) is 4.79 Å². The zero-order valence-corrected chi connectivity index (χ0v) is 9.64. The molecule has 0 bridgehead atoms. The van der Waals surface area contributed by atoms with Crippen LogP contribution in [0.5, 0.6) is 0 Å². The lowest BCUT2D eigenvalue weighted by Gasteiger charge is -2.01. The van der Waals surface area contributed by atoms with E-state index in [1.807, 2.05) is 13.0 Å². The second kappa shape index (κ2) is 8.79. The Bertz CT molecular complexity index is 183. The molecule has 0 aromatic carbocycles. The first kappa shape index (κ1) is 13.2. The summed E-state index contributed by atoms with van der Waals surface area (Å²) in [5.41, 5.74) is 1.30. The number of ether oxygens (including phenoxy) is 1. The minimum absolute atomic E-state index is 0.123. The van der Waals surface area contributed by atoms with Crippen molar-refractivity contribution in [2.45, 2.75) is 52.9 Å². The zero-order valence-electron chi connectivity index (χ0n) is 9.64. The fourth-order valence-corrected chi connectivity index (χ4v) is 1.23. The lowest BCUT2D eigenvalue weighted by molar-refractivity contribution is -0.142. The zero-order chi connectivity index (χ0) is 10.8. The van der Waals surface area contributed by atoms with Gasteiger partial charge in [0.1, 0.15) is 0 Å². The summed E-state index contributed by atoms with van der Waals surface area (Å²) in [4.78, 5) is 11.0.